The Morgan fingerprint density at radius 2 is 1.55 bits per heavy atom. The van der Waals surface area contributed by atoms with E-state index in [2.05, 4.69) is 0 Å². The normalized spacial score (nSPS) is 13.7. The van der Waals surface area contributed by atoms with Gasteiger partial charge >= 0.3 is 0 Å². The molecule has 2 heteroatoms. The molecule has 0 heterocycles. The van der Waals surface area contributed by atoms with Crippen molar-refractivity contribution < 1.29 is 9.90 Å². The smallest absolute Gasteiger partial charge is 0.168 e. The SMILES string of the molecule is C[C@H](C(=O)c1ccccc1)[C@H](O)CCc1ccccc1. The molecule has 2 atom stereocenters. The van der Waals surface area contributed by atoms with Gasteiger partial charge in [0.1, 0.15) is 0 Å². The Morgan fingerprint density at radius 3 is 2.15 bits per heavy atom. The third-order valence-corrected chi connectivity index (χ3v) is 3.62. The molecule has 2 aromatic rings. The molecule has 2 nitrogen and oxygen atoms in total. The molecule has 0 aliphatic carbocycles. The Balaban J connectivity index is 1.92. The van der Waals surface area contributed by atoms with Crippen LogP contribution in [0.3, 0.4) is 0 Å². The van der Waals surface area contributed by atoms with E-state index in [4.69, 9.17) is 0 Å². The van der Waals surface area contributed by atoms with Crippen molar-refractivity contribution in [1.29, 1.82) is 0 Å². The van der Waals surface area contributed by atoms with Crippen LogP contribution in [0.4, 0.5) is 0 Å². The summed E-state index contributed by atoms with van der Waals surface area (Å²) in [6.45, 7) is 1.80. The highest BCUT2D eigenvalue weighted by Crippen LogP contribution is 2.16. The van der Waals surface area contributed by atoms with Gasteiger partial charge in [-0.25, -0.2) is 0 Å². The van der Waals surface area contributed by atoms with E-state index < -0.39 is 6.10 Å². The molecule has 0 spiro atoms. The average Bonchev–Trinajstić information content (AvgIpc) is 2.53. The minimum Gasteiger partial charge on any atom is -0.392 e. The van der Waals surface area contributed by atoms with Gasteiger partial charge in [0, 0.05) is 11.5 Å². The number of rotatable bonds is 6. The first-order chi connectivity index (χ1) is 9.68. The van der Waals surface area contributed by atoms with Crippen LogP contribution in [0.15, 0.2) is 60.7 Å². The van der Waals surface area contributed by atoms with Crippen LogP contribution >= 0.6 is 0 Å². The molecule has 2 rings (SSSR count). The summed E-state index contributed by atoms with van der Waals surface area (Å²) in [7, 11) is 0. The minimum absolute atomic E-state index is 0.00571. The van der Waals surface area contributed by atoms with E-state index in [0.717, 1.165) is 6.42 Å². The van der Waals surface area contributed by atoms with Gasteiger partial charge in [-0.3, -0.25) is 4.79 Å². The van der Waals surface area contributed by atoms with Crippen molar-refractivity contribution in [3.63, 3.8) is 0 Å². The summed E-state index contributed by atoms with van der Waals surface area (Å²) in [5.41, 5.74) is 1.85. The predicted octanol–water partition coefficient (Wildman–Crippen LogP) is 3.50. The first kappa shape index (κ1) is 14.5. The number of carbonyl (C=O) groups is 1. The van der Waals surface area contributed by atoms with Gasteiger partial charge in [-0.15, -0.1) is 0 Å². The van der Waals surface area contributed by atoms with E-state index in [1.165, 1.54) is 5.56 Å². The minimum atomic E-state index is -0.608. The van der Waals surface area contributed by atoms with Crippen LogP contribution in [-0.2, 0) is 6.42 Å². The Morgan fingerprint density at radius 1 is 1.00 bits per heavy atom. The molecular weight excluding hydrogens is 248 g/mol. The fraction of sp³-hybridized carbons (Fsp3) is 0.278. The van der Waals surface area contributed by atoms with Gasteiger partial charge in [-0.1, -0.05) is 67.6 Å². The zero-order chi connectivity index (χ0) is 14.4. The molecule has 0 aromatic heterocycles. The Kier molecular flexibility index (Phi) is 5.08. The Bertz CT molecular complexity index is 534. The van der Waals surface area contributed by atoms with Crippen LogP contribution in [0.1, 0.15) is 29.3 Å². The summed E-state index contributed by atoms with van der Waals surface area (Å²) >= 11 is 0. The van der Waals surface area contributed by atoms with Gasteiger partial charge < -0.3 is 5.11 Å². The lowest BCUT2D eigenvalue weighted by atomic mass is 9.91. The molecule has 0 bridgehead atoms. The molecule has 0 saturated carbocycles. The monoisotopic (exact) mass is 268 g/mol. The molecular formula is C18H20O2. The molecule has 1 N–H and O–H groups in total. The maximum absolute atomic E-state index is 12.2. The predicted molar refractivity (Wildman–Crippen MR) is 80.7 cm³/mol. The number of aliphatic hydroxyl groups excluding tert-OH is 1. The molecule has 0 unspecified atom stereocenters. The standard InChI is InChI=1S/C18H20O2/c1-14(18(20)16-10-6-3-7-11-16)17(19)13-12-15-8-4-2-5-9-15/h2-11,14,17,19H,12-13H2,1H3/t14-,17+/m0/s1. The Labute approximate surface area is 120 Å². The van der Waals surface area contributed by atoms with Gasteiger partial charge in [-0.2, -0.15) is 0 Å². The Hall–Kier alpha value is -1.93. The van der Waals surface area contributed by atoms with E-state index >= 15 is 0 Å². The molecule has 2 aromatic carbocycles. The number of aryl methyl sites for hydroxylation is 1. The van der Waals surface area contributed by atoms with Gasteiger partial charge in [0.05, 0.1) is 6.10 Å². The van der Waals surface area contributed by atoms with Crippen LogP contribution in [0.25, 0.3) is 0 Å². The summed E-state index contributed by atoms with van der Waals surface area (Å²) < 4.78 is 0. The van der Waals surface area contributed by atoms with Crippen LogP contribution in [0, 0.1) is 5.92 Å². The second kappa shape index (κ2) is 7.01. The maximum atomic E-state index is 12.2. The fourth-order valence-electron chi connectivity index (χ4n) is 2.25. The van der Waals surface area contributed by atoms with Crippen LogP contribution < -0.4 is 0 Å². The second-order valence-corrected chi connectivity index (χ2v) is 5.11. The molecule has 0 radical (unpaired) electrons. The lowest BCUT2D eigenvalue weighted by molar-refractivity contribution is 0.0692. The van der Waals surface area contributed by atoms with E-state index in [9.17, 15) is 9.90 Å². The van der Waals surface area contributed by atoms with Crippen molar-refractivity contribution in [2.45, 2.75) is 25.9 Å². The van der Waals surface area contributed by atoms with E-state index in [1.54, 1.807) is 19.1 Å². The van der Waals surface area contributed by atoms with Crippen molar-refractivity contribution in [3.8, 4) is 0 Å². The quantitative estimate of drug-likeness (QED) is 0.814. The highest BCUT2D eigenvalue weighted by molar-refractivity contribution is 5.97. The van der Waals surface area contributed by atoms with Gasteiger partial charge in [0.15, 0.2) is 5.78 Å². The fourth-order valence-corrected chi connectivity index (χ4v) is 2.25. The zero-order valence-corrected chi connectivity index (χ0v) is 11.7. The third-order valence-electron chi connectivity index (χ3n) is 3.62. The lowest BCUT2D eigenvalue weighted by Crippen LogP contribution is -2.26. The maximum Gasteiger partial charge on any atom is 0.168 e. The van der Waals surface area contributed by atoms with Gasteiger partial charge in [0.2, 0.25) is 0 Å². The van der Waals surface area contributed by atoms with Crippen LogP contribution in [-0.4, -0.2) is 17.0 Å². The van der Waals surface area contributed by atoms with Gasteiger partial charge in [-0.05, 0) is 18.4 Å². The first-order valence-corrected chi connectivity index (χ1v) is 6.99. The van der Waals surface area contributed by atoms with Gasteiger partial charge in [0.25, 0.3) is 0 Å². The number of aliphatic hydroxyl groups is 1. The van der Waals surface area contributed by atoms with Crippen molar-refractivity contribution in [1.82, 2.24) is 0 Å². The highest BCUT2D eigenvalue weighted by atomic mass is 16.3. The van der Waals surface area contributed by atoms with Crippen molar-refractivity contribution in [2.24, 2.45) is 5.92 Å². The first-order valence-electron chi connectivity index (χ1n) is 6.99. The molecule has 0 aliphatic rings. The van der Waals surface area contributed by atoms with E-state index in [-0.39, 0.29) is 11.7 Å². The summed E-state index contributed by atoms with van der Waals surface area (Å²) in [4.78, 5) is 12.2. The highest BCUT2D eigenvalue weighted by Gasteiger charge is 2.22. The van der Waals surface area contributed by atoms with Crippen LogP contribution in [0.2, 0.25) is 0 Å². The number of carbonyl (C=O) groups excluding carboxylic acids is 1. The molecule has 0 saturated heterocycles. The summed E-state index contributed by atoms with van der Waals surface area (Å²) in [6.07, 6.45) is 0.779. The molecule has 104 valence electrons. The molecule has 0 aliphatic heterocycles. The second-order valence-electron chi connectivity index (χ2n) is 5.11. The van der Waals surface area contributed by atoms with Crippen molar-refractivity contribution in [2.75, 3.05) is 0 Å². The lowest BCUT2D eigenvalue weighted by Gasteiger charge is -2.17. The average molecular weight is 268 g/mol. The number of hydrogen-bond acceptors (Lipinski definition) is 2. The number of ketones is 1. The molecule has 0 fully saturated rings. The van der Waals surface area contributed by atoms with Crippen molar-refractivity contribution in [3.05, 3.63) is 71.8 Å². The summed E-state index contributed by atoms with van der Waals surface area (Å²) in [6, 6.07) is 19.2. The zero-order valence-electron chi connectivity index (χ0n) is 11.7. The van der Waals surface area contributed by atoms with Crippen molar-refractivity contribution >= 4 is 5.78 Å². The molecule has 0 amide bonds. The summed E-state index contributed by atoms with van der Waals surface area (Å²) in [5, 5.41) is 10.2. The largest absolute Gasteiger partial charge is 0.392 e. The van der Waals surface area contributed by atoms with E-state index in [0.29, 0.717) is 12.0 Å². The number of Topliss-reactive ketones (excluding diaryl/α,β-unsaturated/α-hetero) is 1. The molecule has 20 heavy (non-hydrogen) atoms. The topological polar surface area (TPSA) is 37.3 Å². The van der Waals surface area contributed by atoms with Crippen LogP contribution in [0.5, 0.6) is 0 Å². The number of hydrogen-bond donors (Lipinski definition) is 1. The summed E-state index contributed by atoms with van der Waals surface area (Å²) in [5.74, 6) is -0.368. The third kappa shape index (κ3) is 3.78. The van der Waals surface area contributed by atoms with E-state index in [1.807, 2.05) is 48.5 Å². The number of benzene rings is 2.